The lowest BCUT2D eigenvalue weighted by molar-refractivity contribution is 0.0945. The molecule has 2 N–H and O–H groups in total. The first-order valence-corrected chi connectivity index (χ1v) is 7.43. The second-order valence-corrected chi connectivity index (χ2v) is 6.32. The number of benzene rings is 2. The Hall–Kier alpha value is -2.13. The highest BCUT2D eigenvalue weighted by Crippen LogP contribution is 2.26. The van der Waals surface area contributed by atoms with Gasteiger partial charge in [-0.3, -0.25) is 4.79 Å². The van der Waals surface area contributed by atoms with Crippen molar-refractivity contribution in [3.05, 3.63) is 59.7 Å². The van der Waals surface area contributed by atoms with Gasteiger partial charge in [-0.15, -0.1) is 0 Å². The molecule has 22 heavy (non-hydrogen) atoms. The SMILES string of the molecule is CC(C)(C)c1ccc(-c2c[c]cc(C(=O)NCCO)c2)cc1. The van der Waals surface area contributed by atoms with Gasteiger partial charge < -0.3 is 10.4 Å². The first-order chi connectivity index (χ1) is 10.4. The Morgan fingerprint density at radius 2 is 1.82 bits per heavy atom. The number of hydrogen-bond acceptors (Lipinski definition) is 2. The Morgan fingerprint density at radius 3 is 2.41 bits per heavy atom. The molecule has 0 fully saturated rings. The van der Waals surface area contributed by atoms with Gasteiger partial charge in [-0.1, -0.05) is 45.0 Å². The van der Waals surface area contributed by atoms with Gasteiger partial charge in [-0.25, -0.2) is 0 Å². The third kappa shape index (κ3) is 3.95. The van der Waals surface area contributed by atoms with Gasteiger partial charge in [0.15, 0.2) is 0 Å². The Balaban J connectivity index is 2.24. The molecule has 0 spiro atoms. The largest absolute Gasteiger partial charge is 0.395 e. The van der Waals surface area contributed by atoms with Crippen molar-refractivity contribution in [2.45, 2.75) is 26.2 Å². The Labute approximate surface area is 132 Å². The zero-order valence-electron chi connectivity index (χ0n) is 13.3. The Kier molecular flexibility index (Phi) is 4.99. The summed E-state index contributed by atoms with van der Waals surface area (Å²) in [6.45, 7) is 6.73. The average molecular weight is 296 g/mol. The molecule has 115 valence electrons. The molecule has 0 saturated heterocycles. The van der Waals surface area contributed by atoms with Gasteiger partial charge in [0.25, 0.3) is 5.91 Å². The van der Waals surface area contributed by atoms with Crippen LogP contribution in [0, 0.1) is 6.07 Å². The second-order valence-electron chi connectivity index (χ2n) is 6.32. The zero-order chi connectivity index (χ0) is 16.2. The third-order valence-electron chi connectivity index (χ3n) is 3.53. The molecule has 0 saturated carbocycles. The Bertz CT molecular complexity index is 639. The summed E-state index contributed by atoms with van der Waals surface area (Å²) >= 11 is 0. The molecular weight excluding hydrogens is 274 g/mol. The predicted molar refractivity (Wildman–Crippen MR) is 88.8 cm³/mol. The van der Waals surface area contributed by atoms with Crippen LogP contribution in [-0.2, 0) is 5.41 Å². The summed E-state index contributed by atoms with van der Waals surface area (Å²) in [7, 11) is 0. The summed E-state index contributed by atoms with van der Waals surface area (Å²) in [5.41, 5.74) is 3.96. The van der Waals surface area contributed by atoms with Crippen LogP contribution in [0.15, 0.2) is 42.5 Å². The summed E-state index contributed by atoms with van der Waals surface area (Å²) in [6.07, 6.45) is 0. The number of nitrogens with one attached hydrogen (secondary N) is 1. The molecule has 2 rings (SSSR count). The fourth-order valence-corrected chi connectivity index (χ4v) is 2.20. The third-order valence-corrected chi connectivity index (χ3v) is 3.53. The smallest absolute Gasteiger partial charge is 0.251 e. The van der Waals surface area contributed by atoms with Crippen LogP contribution < -0.4 is 5.32 Å². The minimum absolute atomic E-state index is 0.0661. The number of amides is 1. The van der Waals surface area contributed by atoms with Gasteiger partial charge in [0, 0.05) is 12.1 Å². The standard InChI is InChI=1S/C19H22NO2/c1-19(2,3)17-9-7-14(8-10-17)15-5-4-6-16(13-15)18(22)20-11-12-21/h5-10,13,21H,11-12H2,1-3H3,(H,20,22). The molecular formula is C19H22NO2. The summed E-state index contributed by atoms with van der Waals surface area (Å²) in [6, 6.07) is 16.7. The molecule has 0 heterocycles. The molecule has 1 amide bonds. The van der Waals surface area contributed by atoms with Crippen LogP contribution in [0.25, 0.3) is 11.1 Å². The van der Waals surface area contributed by atoms with Gasteiger partial charge in [0.1, 0.15) is 0 Å². The van der Waals surface area contributed by atoms with Crippen molar-refractivity contribution in [1.82, 2.24) is 5.32 Å². The molecule has 0 unspecified atom stereocenters. The van der Waals surface area contributed by atoms with E-state index in [-0.39, 0.29) is 24.5 Å². The van der Waals surface area contributed by atoms with E-state index in [0.717, 1.165) is 11.1 Å². The highest BCUT2D eigenvalue weighted by molar-refractivity contribution is 5.95. The summed E-state index contributed by atoms with van der Waals surface area (Å²) in [4.78, 5) is 11.9. The highest BCUT2D eigenvalue weighted by atomic mass is 16.3. The van der Waals surface area contributed by atoms with Gasteiger partial charge in [-0.2, -0.15) is 0 Å². The Morgan fingerprint density at radius 1 is 1.14 bits per heavy atom. The van der Waals surface area contributed by atoms with Gasteiger partial charge in [0.2, 0.25) is 0 Å². The van der Waals surface area contributed by atoms with Crippen molar-refractivity contribution in [2.24, 2.45) is 0 Å². The van der Waals surface area contributed by atoms with Crippen molar-refractivity contribution in [3.8, 4) is 11.1 Å². The van der Waals surface area contributed by atoms with Crippen molar-refractivity contribution < 1.29 is 9.90 Å². The number of carbonyl (C=O) groups is 1. The van der Waals surface area contributed by atoms with Crippen LogP contribution in [0.5, 0.6) is 0 Å². The van der Waals surface area contributed by atoms with Crippen LogP contribution in [0.1, 0.15) is 36.7 Å². The quantitative estimate of drug-likeness (QED) is 0.910. The molecule has 2 aromatic rings. The maximum atomic E-state index is 11.9. The van der Waals surface area contributed by atoms with Crippen LogP contribution in [-0.4, -0.2) is 24.2 Å². The zero-order valence-corrected chi connectivity index (χ0v) is 13.3. The van der Waals surface area contributed by atoms with E-state index in [4.69, 9.17) is 5.11 Å². The molecule has 0 aliphatic heterocycles. The molecule has 0 aliphatic carbocycles. The fourth-order valence-electron chi connectivity index (χ4n) is 2.20. The first kappa shape index (κ1) is 16.2. The van der Waals surface area contributed by atoms with Crippen molar-refractivity contribution in [2.75, 3.05) is 13.2 Å². The van der Waals surface area contributed by atoms with Gasteiger partial charge >= 0.3 is 0 Å². The van der Waals surface area contributed by atoms with E-state index in [1.165, 1.54) is 5.56 Å². The highest BCUT2D eigenvalue weighted by Gasteiger charge is 2.13. The van der Waals surface area contributed by atoms with Crippen LogP contribution in [0.4, 0.5) is 0 Å². The lowest BCUT2D eigenvalue weighted by Crippen LogP contribution is -2.26. The van der Waals surface area contributed by atoms with Crippen molar-refractivity contribution >= 4 is 5.91 Å². The van der Waals surface area contributed by atoms with E-state index in [0.29, 0.717) is 5.56 Å². The van der Waals surface area contributed by atoms with Gasteiger partial charge in [-0.05, 0) is 46.4 Å². The van der Waals surface area contributed by atoms with E-state index in [1.807, 2.05) is 12.1 Å². The molecule has 0 aliphatic rings. The van der Waals surface area contributed by atoms with Gasteiger partial charge in [0.05, 0.1) is 6.61 Å². The maximum Gasteiger partial charge on any atom is 0.251 e. The lowest BCUT2D eigenvalue weighted by Gasteiger charge is -2.19. The first-order valence-electron chi connectivity index (χ1n) is 7.43. The molecule has 3 nitrogen and oxygen atoms in total. The fraction of sp³-hybridized carbons (Fsp3) is 0.316. The minimum Gasteiger partial charge on any atom is -0.395 e. The number of aliphatic hydroxyl groups is 1. The van der Waals surface area contributed by atoms with E-state index in [2.05, 4.69) is 56.4 Å². The van der Waals surface area contributed by atoms with Crippen LogP contribution in [0.3, 0.4) is 0 Å². The monoisotopic (exact) mass is 296 g/mol. The summed E-state index contributed by atoms with van der Waals surface area (Å²) < 4.78 is 0. The molecule has 0 atom stereocenters. The number of rotatable bonds is 4. The molecule has 0 aromatic heterocycles. The second kappa shape index (κ2) is 6.75. The summed E-state index contributed by atoms with van der Waals surface area (Å²) in [5.74, 6) is -0.196. The summed E-state index contributed by atoms with van der Waals surface area (Å²) in [5, 5.41) is 11.4. The number of carbonyl (C=O) groups excluding carboxylic acids is 1. The van der Waals surface area contributed by atoms with Crippen molar-refractivity contribution in [1.29, 1.82) is 0 Å². The van der Waals surface area contributed by atoms with E-state index < -0.39 is 0 Å². The average Bonchev–Trinajstić information content (AvgIpc) is 2.52. The number of aliphatic hydroxyl groups excluding tert-OH is 1. The minimum atomic E-state index is -0.196. The number of hydrogen-bond donors (Lipinski definition) is 2. The molecule has 1 radical (unpaired) electrons. The van der Waals surface area contributed by atoms with Crippen LogP contribution in [0.2, 0.25) is 0 Å². The topological polar surface area (TPSA) is 49.3 Å². The normalized spacial score (nSPS) is 11.3. The molecule has 3 heteroatoms. The molecule has 0 bridgehead atoms. The van der Waals surface area contributed by atoms with Crippen LogP contribution >= 0.6 is 0 Å². The maximum absolute atomic E-state index is 11.9. The van der Waals surface area contributed by atoms with Crippen molar-refractivity contribution in [3.63, 3.8) is 0 Å². The van der Waals surface area contributed by atoms with E-state index in [9.17, 15) is 4.79 Å². The molecule has 2 aromatic carbocycles. The van der Waals surface area contributed by atoms with E-state index >= 15 is 0 Å². The van der Waals surface area contributed by atoms with E-state index in [1.54, 1.807) is 6.07 Å². The lowest BCUT2D eigenvalue weighted by atomic mass is 9.86. The predicted octanol–water partition coefficient (Wildman–Crippen LogP) is 3.17.